The molecule has 194 valence electrons. The molecule has 2 amide bonds. The second-order valence-corrected chi connectivity index (χ2v) is 9.85. The van der Waals surface area contributed by atoms with Crippen molar-refractivity contribution in [3.8, 4) is 16.9 Å². The average Bonchev–Trinajstić information content (AvgIpc) is 3.51. The summed E-state index contributed by atoms with van der Waals surface area (Å²) < 4.78 is 1.51. The number of carbonyl (C=O) groups is 2. The van der Waals surface area contributed by atoms with Gasteiger partial charge in [-0.2, -0.15) is 5.10 Å². The predicted octanol–water partition coefficient (Wildman–Crippen LogP) is 4.48. The van der Waals surface area contributed by atoms with Crippen LogP contribution in [0.25, 0.3) is 16.9 Å². The fourth-order valence-electron chi connectivity index (χ4n) is 4.40. The fraction of sp³-hybridized carbons (Fsp3) is 0.214. The van der Waals surface area contributed by atoms with E-state index in [4.69, 9.17) is 11.6 Å². The molecule has 1 aliphatic rings. The summed E-state index contributed by atoms with van der Waals surface area (Å²) in [7, 11) is 1.79. The second kappa shape index (κ2) is 10.3. The normalized spacial score (nSPS) is 16.9. The van der Waals surface area contributed by atoms with Crippen molar-refractivity contribution in [2.75, 3.05) is 30.8 Å². The van der Waals surface area contributed by atoms with Gasteiger partial charge in [-0.25, -0.2) is 9.67 Å². The molecule has 2 aromatic carbocycles. The Kier molecular flexibility index (Phi) is 6.88. The zero-order valence-corrected chi connectivity index (χ0v) is 21.7. The van der Waals surface area contributed by atoms with E-state index in [0.717, 1.165) is 5.56 Å². The van der Waals surface area contributed by atoms with Gasteiger partial charge in [0.1, 0.15) is 11.6 Å². The number of hydrogen-bond donors (Lipinski definition) is 3. The fourth-order valence-corrected chi connectivity index (χ4v) is 4.60. The van der Waals surface area contributed by atoms with Gasteiger partial charge in [0.15, 0.2) is 5.69 Å². The number of amides is 2. The molecular formula is C28H27ClN6O3. The highest BCUT2D eigenvalue weighted by atomic mass is 35.5. The number of pyridine rings is 1. The van der Waals surface area contributed by atoms with Gasteiger partial charge in [0, 0.05) is 31.8 Å². The molecule has 3 N–H and O–H groups in total. The third kappa shape index (κ3) is 5.25. The van der Waals surface area contributed by atoms with Crippen molar-refractivity contribution < 1.29 is 14.7 Å². The zero-order chi connectivity index (χ0) is 26.9. The predicted molar refractivity (Wildman–Crippen MR) is 147 cm³/mol. The van der Waals surface area contributed by atoms with Crippen LogP contribution in [0, 0.1) is 0 Å². The molecule has 1 unspecified atom stereocenters. The van der Waals surface area contributed by atoms with Crippen LogP contribution in [0.4, 0.5) is 11.6 Å². The molecule has 1 atom stereocenters. The molecule has 5 rings (SSSR count). The molecule has 10 heteroatoms. The number of nitrogens with one attached hydrogen (secondary N) is 2. The number of aliphatic hydroxyl groups is 1. The number of hydrogen-bond acceptors (Lipinski definition) is 6. The van der Waals surface area contributed by atoms with E-state index in [0.29, 0.717) is 36.0 Å². The lowest BCUT2D eigenvalue weighted by molar-refractivity contribution is 0.0569. The van der Waals surface area contributed by atoms with E-state index in [-0.39, 0.29) is 28.7 Å². The zero-order valence-electron chi connectivity index (χ0n) is 21.0. The van der Waals surface area contributed by atoms with Gasteiger partial charge >= 0.3 is 0 Å². The summed E-state index contributed by atoms with van der Waals surface area (Å²) in [5, 5.41) is 21.0. The van der Waals surface area contributed by atoms with Crippen molar-refractivity contribution in [1.29, 1.82) is 0 Å². The molecule has 0 bridgehead atoms. The average molecular weight is 531 g/mol. The molecule has 1 fully saturated rings. The van der Waals surface area contributed by atoms with Crippen LogP contribution in [-0.2, 0) is 0 Å². The van der Waals surface area contributed by atoms with E-state index in [1.807, 2.05) is 48.5 Å². The van der Waals surface area contributed by atoms with Gasteiger partial charge in [-0.3, -0.25) is 9.59 Å². The molecular weight excluding hydrogens is 504 g/mol. The number of carbonyl (C=O) groups excluding carboxylic acids is 2. The van der Waals surface area contributed by atoms with Gasteiger partial charge in [-0.1, -0.05) is 41.9 Å². The van der Waals surface area contributed by atoms with E-state index in [1.165, 1.54) is 10.7 Å². The molecule has 9 nitrogen and oxygen atoms in total. The molecule has 0 spiro atoms. The Labute approximate surface area is 225 Å². The van der Waals surface area contributed by atoms with Gasteiger partial charge in [0.2, 0.25) is 0 Å². The summed E-state index contributed by atoms with van der Waals surface area (Å²) in [6, 6.07) is 21.4. The first kappa shape index (κ1) is 25.4. The minimum absolute atomic E-state index is 0.162. The maximum atomic E-state index is 13.4. The Hall–Kier alpha value is -4.21. The van der Waals surface area contributed by atoms with Crippen LogP contribution in [-0.4, -0.2) is 62.3 Å². The smallest absolute Gasteiger partial charge is 0.274 e. The minimum Gasteiger partial charge on any atom is -0.388 e. The van der Waals surface area contributed by atoms with E-state index in [1.54, 1.807) is 37.1 Å². The second-order valence-electron chi connectivity index (χ2n) is 9.44. The molecule has 2 aromatic heterocycles. The Morgan fingerprint density at radius 2 is 1.84 bits per heavy atom. The number of anilines is 2. The highest BCUT2D eigenvalue weighted by Gasteiger charge is 2.35. The summed E-state index contributed by atoms with van der Waals surface area (Å²) >= 11 is 6.43. The van der Waals surface area contributed by atoms with Crippen molar-refractivity contribution in [3.05, 3.63) is 89.1 Å². The first-order chi connectivity index (χ1) is 18.2. The molecule has 0 aliphatic carbocycles. The molecule has 38 heavy (non-hydrogen) atoms. The topological polar surface area (TPSA) is 112 Å². The molecule has 0 saturated carbocycles. The van der Waals surface area contributed by atoms with Crippen LogP contribution in [0.1, 0.15) is 34.2 Å². The summed E-state index contributed by atoms with van der Waals surface area (Å²) in [6.07, 6.45) is 0.489. The van der Waals surface area contributed by atoms with Gasteiger partial charge in [-0.15, -0.1) is 0 Å². The summed E-state index contributed by atoms with van der Waals surface area (Å²) in [5.74, 6) is 0.240. The number of benzene rings is 2. The van der Waals surface area contributed by atoms with Crippen LogP contribution in [0.2, 0.25) is 5.02 Å². The van der Waals surface area contributed by atoms with Gasteiger partial charge in [0.25, 0.3) is 11.8 Å². The van der Waals surface area contributed by atoms with Gasteiger partial charge < -0.3 is 20.6 Å². The van der Waals surface area contributed by atoms with E-state index < -0.39 is 11.5 Å². The molecule has 3 heterocycles. The Morgan fingerprint density at radius 3 is 2.55 bits per heavy atom. The third-order valence-electron chi connectivity index (χ3n) is 6.42. The summed E-state index contributed by atoms with van der Waals surface area (Å²) in [6.45, 7) is 2.35. The number of aromatic nitrogens is 3. The monoisotopic (exact) mass is 530 g/mol. The Morgan fingerprint density at radius 1 is 1.05 bits per heavy atom. The highest BCUT2D eigenvalue weighted by molar-refractivity contribution is 6.34. The minimum atomic E-state index is -0.933. The van der Waals surface area contributed by atoms with Crippen molar-refractivity contribution in [3.63, 3.8) is 0 Å². The lowest BCUT2D eigenvalue weighted by Gasteiger charge is -2.17. The molecule has 1 saturated heterocycles. The van der Waals surface area contributed by atoms with Gasteiger partial charge in [-0.05, 0) is 49.7 Å². The SMILES string of the molecule is CNc1cccc(-c2ccc(Cl)c(C(=O)Nc3cc(C(=O)N4CCC(C)(O)C4)nn3-c3ccccc3)c2)n1. The standard InChI is InChI=1S/C28H27ClN6O3/c1-28(38)13-14-34(17-28)27(37)23-16-25(35(33-23)19-7-4-3-5-8-19)32-26(36)20-15-18(11-12-21(20)29)22-9-6-10-24(30-2)31-22/h3-12,15-16,38H,13-14,17H2,1-2H3,(H,30,31)(H,32,36). The number of β-amino-alcohol motifs (C(OH)–C–C–N with tert-alkyl or cyclic N) is 1. The van der Waals surface area contributed by atoms with Crippen LogP contribution in [0.15, 0.2) is 72.8 Å². The van der Waals surface area contributed by atoms with Crippen molar-refractivity contribution in [2.45, 2.75) is 18.9 Å². The van der Waals surface area contributed by atoms with Gasteiger partial charge in [0.05, 0.1) is 27.6 Å². The van der Waals surface area contributed by atoms with E-state index >= 15 is 0 Å². The first-order valence-electron chi connectivity index (χ1n) is 12.2. The quantitative estimate of drug-likeness (QED) is 0.339. The highest BCUT2D eigenvalue weighted by Crippen LogP contribution is 2.28. The van der Waals surface area contributed by atoms with Crippen molar-refractivity contribution >= 4 is 35.1 Å². The van der Waals surface area contributed by atoms with Crippen LogP contribution in [0.3, 0.4) is 0 Å². The lowest BCUT2D eigenvalue weighted by Crippen LogP contribution is -2.34. The first-order valence-corrected chi connectivity index (χ1v) is 12.6. The molecule has 4 aromatic rings. The van der Waals surface area contributed by atoms with Crippen LogP contribution >= 0.6 is 11.6 Å². The number of para-hydroxylation sites is 1. The number of halogens is 1. The van der Waals surface area contributed by atoms with Crippen molar-refractivity contribution in [2.24, 2.45) is 0 Å². The number of nitrogens with zero attached hydrogens (tertiary/aromatic N) is 4. The lowest BCUT2D eigenvalue weighted by atomic mass is 10.1. The van der Waals surface area contributed by atoms with E-state index in [9.17, 15) is 14.7 Å². The van der Waals surface area contributed by atoms with Crippen LogP contribution < -0.4 is 10.6 Å². The largest absolute Gasteiger partial charge is 0.388 e. The maximum Gasteiger partial charge on any atom is 0.274 e. The number of likely N-dealkylation sites (tertiary alicyclic amines) is 1. The Balaban J connectivity index is 1.47. The maximum absolute atomic E-state index is 13.4. The van der Waals surface area contributed by atoms with Crippen LogP contribution in [0.5, 0.6) is 0 Å². The molecule has 1 aliphatic heterocycles. The molecule has 0 radical (unpaired) electrons. The summed E-state index contributed by atoms with van der Waals surface area (Å²) in [5.41, 5.74) is 1.57. The third-order valence-corrected chi connectivity index (χ3v) is 6.75. The van der Waals surface area contributed by atoms with E-state index in [2.05, 4.69) is 20.7 Å². The number of rotatable bonds is 6. The van der Waals surface area contributed by atoms with Crippen molar-refractivity contribution in [1.82, 2.24) is 19.7 Å². The summed E-state index contributed by atoms with van der Waals surface area (Å²) in [4.78, 5) is 32.7. The Bertz CT molecular complexity index is 1500.